The fourth-order valence-electron chi connectivity index (χ4n) is 2.10. The second kappa shape index (κ2) is 4.92. The number of benzene rings is 1. The van der Waals surface area contributed by atoms with Gasteiger partial charge in [-0.1, -0.05) is 67.5 Å². The van der Waals surface area contributed by atoms with Crippen LogP contribution in [0.4, 0.5) is 0 Å². The summed E-state index contributed by atoms with van der Waals surface area (Å²) in [5.41, 5.74) is 4.47. The van der Waals surface area contributed by atoms with Gasteiger partial charge in [0.15, 0.2) is 0 Å². The summed E-state index contributed by atoms with van der Waals surface area (Å²) in [7, 11) is 0. The van der Waals surface area contributed by atoms with E-state index >= 15 is 0 Å². The lowest BCUT2D eigenvalue weighted by atomic mass is 9.78. The van der Waals surface area contributed by atoms with Gasteiger partial charge in [-0.15, -0.1) is 12.6 Å². The largest absolute Gasteiger partial charge is 0.143 e. The van der Waals surface area contributed by atoms with Crippen molar-refractivity contribution in [3.05, 3.63) is 28.8 Å². The lowest BCUT2D eigenvalue weighted by Crippen LogP contribution is -2.18. The minimum Gasteiger partial charge on any atom is -0.143 e. The molecule has 0 aliphatic rings. The highest BCUT2D eigenvalue weighted by molar-refractivity contribution is 7.80. The zero-order chi connectivity index (χ0) is 14.3. The van der Waals surface area contributed by atoms with Crippen molar-refractivity contribution in [2.45, 2.75) is 77.0 Å². The van der Waals surface area contributed by atoms with Crippen molar-refractivity contribution in [1.29, 1.82) is 0 Å². The predicted molar refractivity (Wildman–Crippen MR) is 85.2 cm³/mol. The van der Waals surface area contributed by atoms with Gasteiger partial charge in [0, 0.05) is 4.90 Å². The van der Waals surface area contributed by atoms with Crippen LogP contribution in [0.5, 0.6) is 0 Å². The van der Waals surface area contributed by atoms with Crippen LogP contribution < -0.4 is 0 Å². The van der Waals surface area contributed by atoms with Gasteiger partial charge < -0.3 is 0 Å². The molecule has 0 nitrogen and oxygen atoms in total. The zero-order valence-corrected chi connectivity index (χ0v) is 14.1. The molecule has 0 spiro atoms. The first kappa shape index (κ1) is 15.6. The Morgan fingerprint density at radius 2 is 1.39 bits per heavy atom. The molecule has 1 aromatic carbocycles. The van der Waals surface area contributed by atoms with Gasteiger partial charge in [0.2, 0.25) is 0 Å². The minimum atomic E-state index is 0.141. The van der Waals surface area contributed by atoms with Crippen LogP contribution in [-0.2, 0) is 10.8 Å². The van der Waals surface area contributed by atoms with Crippen LogP contribution in [0.1, 0.15) is 78.0 Å². The van der Waals surface area contributed by atoms with Crippen LogP contribution in [0, 0.1) is 0 Å². The van der Waals surface area contributed by atoms with Gasteiger partial charge in [-0.25, -0.2) is 0 Å². The van der Waals surface area contributed by atoms with E-state index in [1.165, 1.54) is 21.6 Å². The molecule has 0 aliphatic carbocycles. The van der Waals surface area contributed by atoms with E-state index in [2.05, 4.69) is 67.5 Å². The van der Waals surface area contributed by atoms with Crippen molar-refractivity contribution in [2.75, 3.05) is 0 Å². The van der Waals surface area contributed by atoms with Gasteiger partial charge in [-0.2, -0.15) is 0 Å². The van der Waals surface area contributed by atoms with E-state index in [0.29, 0.717) is 5.92 Å². The number of hydrogen-bond acceptors (Lipinski definition) is 1. The molecule has 0 N–H and O–H groups in total. The number of thiol groups is 1. The first-order chi connectivity index (χ1) is 7.94. The molecule has 0 radical (unpaired) electrons. The lowest BCUT2D eigenvalue weighted by molar-refractivity contribution is 0.555. The Morgan fingerprint density at radius 1 is 0.889 bits per heavy atom. The average molecular weight is 264 g/mol. The normalized spacial score (nSPS) is 13.2. The van der Waals surface area contributed by atoms with Crippen LogP contribution in [0.15, 0.2) is 17.0 Å². The third kappa shape index (κ3) is 3.32. The Labute approximate surface area is 119 Å². The Hall–Kier alpha value is -0.430. The summed E-state index contributed by atoms with van der Waals surface area (Å²) in [5.74, 6) is 0.515. The van der Waals surface area contributed by atoms with Gasteiger partial charge in [0.1, 0.15) is 0 Å². The maximum Gasteiger partial charge on any atom is 0.0112 e. The van der Waals surface area contributed by atoms with Crippen molar-refractivity contribution in [2.24, 2.45) is 0 Å². The lowest BCUT2D eigenvalue weighted by Gasteiger charge is -2.29. The number of rotatable bonds is 1. The zero-order valence-electron chi connectivity index (χ0n) is 13.2. The molecular formula is C17H28S. The molecule has 18 heavy (non-hydrogen) atoms. The van der Waals surface area contributed by atoms with E-state index in [-0.39, 0.29) is 10.8 Å². The standard InChI is InChI=1S/C17H28S/c1-11(2)13-9-12(16(3,4)5)10-14(15(13)18)17(6,7)8/h9-11,18H,1-8H3. The van der Waals surface area contributed by atoms with E-state index in [9.17, 15) is 0 Å². The first-order valence-electron chi connectivity index (χ1n) is 6.82. The second-order valence-corrected chi connectivity index (χ2v) is 8.06. The van der Waals surface area contributed by atoms with Gasteiger partial charge in [-0.3, -0.25) is 0 Å². The predicted octanol–water partition coefficient (Wildman–Crippen LogP) is 5.69. The Balaban J connectivity index is 3.58. The molecule has 0 amide bonds. The van der Waals surface area contributed by atoms with E-state index in [0.717, 1.165) is 0 Å². The molecule has 0 aromatic heterocycles. The molecule has 0 unspecified atom stereocenters. The van der Waals surface area contributed by atoms with Crippen LogP contribution in [0.3, 0.4) is 0 Å². The summed E-state index contributed by atoms with van der Waals surface area (Å²) in [4.78, 5) is 1.17. The molecule has 0 saturated carbocycles. The fourth-order valence-corrected chi connectivity index (χ4v) is 2.82. The molecule has 1 rings (SSSR count). The second-order valence-electron chi connectivity index (χ2n) is 7.62. The highest BCUT2D eigenvalue weighted by atomic mass is 32.1. The SMILES string of the molecule is CC(C)c1cc(C(C)(C)C)cc(C(C)(C)C)c1S. The summed E-state index contributed by atoms with van der Waals surface area (Å²) in [6.07, 6.45) is 0. The van der Waals surface area contributed by atoms with E-state index in [1.54, 1.807) is 0 Å². The maximum atomic E-state index is 4.79. The van der Waals surface area contributed by atoms with Crippen molar-refractivity contribution >= 4 is 12.6 Å². The van der Waals surface area contributed by atoms with E-state index in [4.69, 9.17) is 12.6 Å². The van der Waals surface area contributed by atoms with Crippen molar-refractivity contribution < 1.29 is 0 Å². The van der Waals surface area contributed by atoms with Gasteiger partial charge in [0.25, 0.3) is 0 Å². The van der Waals surface area contributed by atoms with Crippen LogP contribution in [-0.4, -0.2) is 0 Å². The molecule has 1 heteroatoms. The minimum absolute atomic E-state index is 0.141. The van der Waals surface area contributed by atoms with Crippen molar-refractivity contribution in [1.82, 2.24) is 0 Å². The smallest absolute Gasteiger partial charge is 0.0112 e. The summed E-state index contributed by atoms with van der Waals surface area (Å²) in [5, 5.41) is 0. The van der Waals surface area contributed by atoms with Gasteiger partial charge in [0.05, 0.1) is 0 Å². The molecular weight excluding hydrogens is 236 g/mol. The van der Waals surface area contributed by atoms with Gasteiger partial charge >= 0.3 is 0 Å². The topological polar surface area (TPSA) is 0 Å². The average Bonchev–Trinajstić information content (AvgIpc) is 2.13. The van der Waals surface area contributed by atoms with Crippen LogP contribution in [0.2, 0.25) is 0 Å². The third-order valence-electron chi connectivity index (χ3n) is 3.44. The van der Waals surface area contributed by atoms with Crippen molar-refractivity contribution in [3.8, 4) is 0 Å². The Morgan fingerprint density at radius 3 is 1.72 bits per heavy atom. The molecule has 0 saturated heterocycles. The molecule has 0 fully saturated rings. The molecule has 1 aromatic rings. The van der Waals surface area contributed by atoms with E-state index in [1.807, 2.05) is 0 Å². The summed E-state index contributed by atoms with van der Waals surface area (Å²) in [6, 6.07) is 4.68. The van der Waals surface area contributed by atoms with E-state index < -0.39 is 0 Å². The number of hydrogen-bond donors (Lipinski definition) is 1. The quantitative estimate of drug-likeness (QED) is 0.619. The molecule has 0 aliphatic heterocycles. The highest BCUT2D eigenvalue weighted by Crippen LogP contribution is 2.37. The molecule has 0 heterocycles. The third-order valence-corrected chi connectivity index (χ3v) is 3.93. The summed E-state index contributed by atoms with van der Waals surface area (Å²) in [6.45, 7) is 18.1. The monoisotopic (exact) mass is 264 g/mol. The van der Waals surface area contributed by atoms with Gasteiger partial charge in [-0.05, 0) is 33.4 Å². The summed E-state index contributed by atoms with van der Waals surface area (Å²) < 4.78 is 0. The maximum absolute atomic E-state index is 4.79. The molecule has 102 valence electrons. The Bertz CT molecular complexity index is 428. The van der Waals surface area contributed by atoms with Crippen LogP contribution >= 0.6 is 12.6 Å². The molecule has 0 atom stereocenters. The molecule has 0 bridgehead atoms. The summed E-state index contributed by atoms with van der Waals surface area (Å²) >= 11 is 4.79. The highest BCUT2D eigenvalue weighted by Gasteiger charge is 2.24. The van der Waals surface area contributed by atoms with Crippen LogP contribution in [0.25, 0.3) is 0 Å². The Kier molecular flexibility index (Phi) is 4.27. The van der Waals surface area contributed by atoms with Crippen molar-refractivity contribution in [3.63, 3.8) is 0 Å². The fraction of sp³-hybridized carbons (Fsp3) is 0.647. The first-order valence-corrected chi connectivity index (χ1v) is 7.27.